The van der Waals surface area contributed by atoms with E-state index in [-0.39, 0.29) is 28.8 Å². The molecular weight excluding hydrogens is 320 g/mol. The number of rotatable bonds is 6. The highest BCUT2D eigenvalue weighted by Crippen LogP contribution is 2.22. The van der Waals surface area contributed by atoms with Gasteiger partial charge in [0.25, 0.3) is 11.8 Å². The average molecular weight is 341 g/mol. The Bertz CT molecular complexity index is 454. The van der Waals surface area contributed by atoms with Crippen molar-refractivity contribution in [2.24, 2.45) is 0 Å². The lowest BCUT2D eigenvalue weighted by molar-refractivity contribution is 0.0651. The highest BCUT2D eigenvalue weighted by Gasteiger charge is 2.34. The second kappa shape index (κ2) is 7.55. The lowest BCUT2D eigenvalue weighted by Gasteiger charge is -2.14. The van der Waals surface area contributed by atoms with Crippen molar-refractivity contribution in [3.8, 4) is 0 Å². The van der Waals surface area contributed by atoms with Crippen molar-refractivity contribution in [2.75, 3.05) is 27.2 Å². The van der Waals surface area contributed by atoms with Gasteiger partial charge in [-0.3, -0.25) is 14.5 Å². The summed E-state index contributed by atoms with van der Waals surface area (Å²) in [5.74, 6) is -0.290. The molecule has 2 amide bonds. The van der Waals surface area contributed by atoms with Crippen LogP contribution in [0.15, 0.2) is 24.3 Å². The van der Waals surface area contributed by atoms with Gasteiger partial charge in [-0.15, -0.1) is 17.0 Å². The molecule has 0 bridgehead atoms. The number of nitrogens with zero attached hydrogens (tertiary/aromatic N) is 2. The summed E-state index contributed by atoms with van der Waals surface area (Å²) in [5, 5.41) is 0. The fourth-order valence-electron chi connectivity index (χ4n) is 2.32. The Morgan fingerprint density at radius 1 is 0.950 bits per heavy atom. The molecule has 1 aliphatic heterocycles. The number of hydrogen-bond acceptors (Lipinski definition) is 3. The maximum Gasteiger partial charge on any atom is 0.261 e. The van der Waals surface area contributed by atoms with Crippen LogP contribution in [0.1, 0.15) is 40.0 Å². The van der Waals surface area contributed by atoms with Crippen molar-refractivity contribution in [3.63, 3.8) is 0 Å². The molecular formula is C15H21BrN2O2. The van der Waals surface area contributed by atoms with E-state index in [0.717, 1.165) is 25.8 Å². The van der Waals surface area contributed by atoms with Crippen LogP contribution >= 0.6 is 17.0 Å². The van der Waals surface area contributed by atoms with Crippen LogP contribution in [0.3, 0.4) is 0 Å². The zero-order valence-corrected chi connectivity index (χ0v) is 13.7. The van der Waals surface area contributed by atoms with Crippen molar-refractivity contribution in [2.45, 2.75) is 19.3 Å². The molecule has 0 spiro atoms. The lowest BCUT2D eigenvalue weighted by Crippen LogP contribution is -2.30. The van der Waals surface area contributed by atoms with E-state index in [0.29, 0.717) is 17.7 Å². The van der Waals surface area contributed by atoms with E-state index >= 15 is 0 Å². The summed E-state index contributed by atoms with van der Waals surface area (Å²) >= 11 is 0. The molecule has 0 saturated heterocycles. The first-order valence-electron chi connectivity index (χ1n) is 6.71. The number of benzene rings is 1. The third-order valence-electron chi connectivity index (χ3n) is 3.37. The van der Waals surface area contributed by atoms with Gasteiger partial charge in [-0.05, 0) is 45.6 Å². The first-order valence-corrected chi connectivity index (χ1v) is 6.71. The predicted molar refractivity (Wildman–Crippen MR) is 84.5 cm³/mol. The van der Waals surface area contributed by atoms with Crippen LogP contribution in [0.5, 0.6) is 0 Å². The van der Waals surface area contributed by atoms with Crippen LogP contribution in [-0.4, -0.2) is 48.8 Å². The van der Waals surface area contributed by atoms with Crippen molar-refractivity contribution < 1.29 is 9.59 Å². The first-order chi connectivity index (χ1) is 9.11. The van der Waals surface area contributed by atoms with Gasteiger partial charge in [0.15, 0.2) is 0 Å². The molecule has 4 nitrogen and oxygen atoms in total. The van der Waals surface area contributed by atoms with E-state index in [1.807, 2.05) is 14.1 Å². The predicted octanol–water partition coefficient (Wildman–Crippen LogP) is 2.59. The van der Waals surface area contributed by atoms with E-state index in [9.17, 15) is 9.59 Å². The monoisotopic (exact) mass is 340 g/mol. The fourth-order valence-corrected chi connectivity index (χ4v) is 2.32. The van der Waals surface area contributed by atoms with Crippen LogP contribution in [-0.2, 0) is 0 Å². The second-order valence-electron chi connectivity index (χ2n) is 5.17. The minimum atomic E-state index is -0.145. The van der Waals surface area contributed by atoms with Crippen LogP contribution in [0.2, 0.25) is 0 Å². The van der Waals surface area contributed by atoms with E-state index in [4.69, 9.17) is 0 Å². The molecule has 0 fully saturated rings. The number of carbonyl (C=O) groups is 2. The first kappa shape index (κ1) is 16.9. The molecule has 0 radical (unpaired) electrons. The van der Waals surface area contributed by atoms with E-state index in [1.54, 1.807) is 24.3 Å². The largest absolute Gasteiger partial charge is 0.309 e. The third kappa shape index (κ3) is 3.67. The molecule has 1 aliphatic rings. The molecule has 110 valence electrons. The molecule has 2 rings (SSSR count). The van der Waals surface area contributed by atoms with Gasteiger partial charge >= 0.3 is 0 Å². The zero-order valence-electron chi connectivity index (χ0n) is 12.0. The molecule has 0 aliphatic carbocycles. The average Bonchev–Trinajstić information content (AvgIpc) is 2.63. The SMILES string of the molecule is Br.CN(C)CCCCCN1C(=O)c2ccccc2C1=O. The summed E-state index contributed by atoms with van der Waals surface area (Å²) in [4.78, 5) is 27.7. The van der Waals surface area contributed by atoms with Crippen molar-refractivity contribution in [3.05, 3.63) is 35.4 Å². The molecule has 0 atom stereocenters. The van der Waals surface area contributed by atoms with Gasteiger partial charge in [-0.2, -0.15) is 0 Å². The molecule has 5 heteroatoms. The van der Waals surface area contributed by atoms with Gasteiger partial charge < -0.3 is 4.90 Å². The van der Waals surface area contributed by atoms with Gasteiger partial charge in [0.2, 0.25) is 0 Å². The zero-order chi connectivity index (χ0) is 13.8. The molecule has 0 unspecified atom stereocenters. The maximum absolute atomic E-state index is 12.1. The van der Waals surface area contributed by atoms with Crippen molar-refractivity contribution in [1.29, 1.82) is 0 Å². The third-order valence-corrected chi connectivity index (χ3v) is 3.37. The Hall–Kier alpha value is -1.20. The highest BCUT2D eigenvalue weighted by molar-refractivity contribution is 8.93. The number of carbonyl (C=O) groups excluding carboxylic acids is 2. The Labute approximate surface area is 130 Å². The summed E-state index contributed by atoms with van der Waals surface area (Å²) in [5.41, 5.74) is 1.08. The van der Waals surface area contributed by atoms with Gasteiger partial charge in [-0.25, -0.2) is 0 Å². The highest BCUT2D eigenvalue weighted by atomic mass is 79.9. The van der Waals surface area contributed by atoms with Gasteiger partial charge in [0.1, 0.15) is 0 Å². The number of unbranched alkanes of at least 4 members (excludes halogenated alkanes) is 2. The Balaban J connectivity index is 0.00000200. The quantitative estimate of drug-likeness (QED) is 0.590. The fraction of sp³-hybridized carbons (Fsp3) is 0.467. The van der Waals surface area contributed by atoms with Crippen molar-refractivity contribution >= 4 is 28.8 Å². The van der Waals surface area contributed by atoms with Gasteiger partial charge in [-0.1, -0.05) is 18.6 Å². The number of amides is 2. The summed E-state index contributed by atoms with van der Waals surface area (Å²) in [6, 6.07) is 7.04. The molecule has 0 N–H and O–H groups in total. The minimum absolute atomic E-state index is 0. The Kier molecular flexibility index (Phi) is 6.36. The van der Waals surface area contributed by atoms with Crippen LogP contribution in [0.4, 0.5) is 0 Å². The molecule has 1 heterocycles. The molecule has 0 saturated carbocycles. The Morgan fingerprint density at radius 3 is 2.00 bits per heavy atom. The molecule has 1 aromatic carbocycles. The summed E-state index contributed by atoms with van der Waals surface area (Å²) in [6.45, 7) is 1.57. The normalized spacial score (nSPS) is 13.7. The Morgan fingerprint density at radius 2 is 1.50 bits per heavy atom. The lowest BCUT2D eigenvalue weighted by atomic mass is 10.1. The van der Waals surface area contributed by atoms with Crippen molar-refractivity contribution in [1.82, 2.24) is 9.80 Å². The summed E-state index contributed by atoms with van der Waals surface area (Å²) in [7, 11) is 4.09. The van der Waals surface area contributed by atoms with Crippen LogP contribution in [0.25, 0.3) is 0 Å². The van der Waals surface area contributed by atoms with E-state index in [2.05, 4.69) is 4.90 Å². The number of fused-ring (bicyclic) bond motifs is 1. The van der Waals surface area contributed by atoms with Crippen LogP contribution in [0, 0.1) is 0 Å². The second-order valence-corrected chi connectivity index (χ2v) is 5.17. The smallest absolute Gasteiger partial charge is 0.261 e. The van der Waals surface area contributed by atoms with Gasteiger partial charge in [0.05, 0.1) is 11.1 Å². The summed E-state index contributed by atoms with van der Waals surface area (Å²) < 4.78 is 0. The molecule has 20 heavy (non-hydrogen) atoms. The number of halogens is 1. The van der Waals surface area contributed by atoms with E-state index in [1.165, 1.54) is 4.90 Å². The molecule has 1 aromatic rings. The topological polar surface area (TPSA) is 40.6 Å². The number of hydrogen-bond donors (Lipinski definition) is 0. The maximum atomic E-state index is 12.1. The minimum Gasteiger partial charge on any atom is -0.309 e. The summed E-state index contributed by atoms with van der Waals surface area (Å²) in [6.07, 6.45) is 3.00. The standard InChI is InChI=1S/C15H20N2O2.BrH/c1-16(2)10-6-3-7-11-17-14(18)12-8-4-5-9-13(12)15(17)19;/h4-5,8-9H,3,6-7,10-11H2,1-2H3;1H. The van der Waals surface area contributed by atoms with E-state index < -0.39 is 0 Å². The number of imide groups is 1. The van der Waals surface area contributed by atoms with Gasteiger partial charge in [0, 0.05) is 6.54 Å². The van der Waals surface area contributed by atoms with Crippen LogP contribution < -0.4 is 0 Å². The molecule has 0 aromatic heterocycles.